The van der Waals surface area contributed by atoms with E-state index in [1.54, 1.807) is 50.3 Å². The van der Waals surface area contributed by atoms with Crippen LogP contribution in [0.4, 0.5) is 0 Å². The first-order valence-electron chi connectivity index (χ1n) is 9.92. The standard InChI is InChI=1S/C23H29ClN2O4/c1-5-12-25-23(28)16(2)26(15-17-6-9-19(24)10-7-17)22(27)14-18-8-11-20(29-3)21(13-18)30-4/h6-11,13,16H,5,12,14-15H2,1-4H3,(H,25,28)/t16-/m1/s1. The van der Waals surface area contributed by atoms with E-state index in [0.29, 0.717) is 29.6 Å². The lowest BCUT2D eigenvalue weighted by molar-refractivity contribution is -0.140. The van der Waals surface area contributed by atoms with Crippen LogP contribution in [0.5, 0.6) is 11.5 Å². The minimum absolute atomic E-state index is 0.138. The Bertz CT molecular complexity index is 855. The van der Waals surface area contributed by atoms with Gasteiger partial charge in [0.2, 0.25) is 11.8 Å². The van der Waals surface area contributed by atoms with Gasteiger partial charge in [-0.15, -0.1) is 0 Å². The Hall–Kier alpha value is -2.73. The second-order valence-electron chi connectivity index (χ2n) is 6.98. The van der Waals surface area contributed by atoms with Crippen molar-refractivity contribution in [3.05, 3.63) is 58.6 Å². The minimum Gasteiger partial charge on any atom is -0.493 e. The SMILES string of the molecule is CCCNC(=O)[C@@H](C)N(Cc1ccc(Cl)cc1)C(=O)Cc1ccc(OC)c(OC)c1. The van der Waals surface area contributed by atoms with Gasteiger partial charge in [0.25, 0.3) is 0 Å². The molecule has 0 aromatic heterocycles. The van der Waals surface area contributed by atoms with Gasteiger partial charge in [-0.1, -0.05) is 36.7 Å². The lowest BCUT2D eigenvalue weighted by atomic mass is 10.1. The van der Waals surface area contributed by atoms with Crippen LogP contribution in [0, 0.1) is 0 Å². The highest BCUT2D eigenvalue weighted by atomic mass is 35.5. The lowest BCUT2D eigenvalue weighted by Crippen LogP contribution is -2.48. The van der Waals surface area contributed by atoms with Crippen molar-refractivity contribution >= 4 is 23.4 Å². The summed E-state index contributed by atoms with van der Waals surface area (Å²) >= 11 is 5.97. The van der Waals surface area contributed by atoms with Gasteiger partial charge in [0.15, 0.2) is 11.5 Å². The van der Waals surface area contributed by atoms with Crippen LogP contribution in [-0.4, -0.2) is 43.5 Å². The number of benzene rings is 2. The summed E-state index contributed by atoms with van der Waals surface area (Å²) in [6.07, 6.45) is 0.967. The largest absolute Gasteiger partial charge is 0.493 e. The molecule has 2 amide bonds. The van der Waals surface area contributed by atoms with Gasteiger partial charge >= 0.3 is 0 Å². The molecule has 1 N–H and O–H groups in total. The second kappa shape index (κ2) is 11.5. The molecule has 6 nitrogen and oxygen atoms in total. The molecule has 0 radical (unpaired) electrons. The molecule has 0 bridgehead atoms. The van der Waals surface area contributed by atoms with E-state index < -0.39 is 6.04 Å². The number of carbonyl (C=O) groups is 2. The first kappa shape index (κ1) is 23.5. The zero-order valence-corrected chi connectivity index (χ0v) is 18.7. The first-order chi connectivity index (χ1) is 14.4. The van der Waals surface area contributed by atoms with Crippen LogP contribution in [0.2, 0.25) is 5.02 Å². The van der Waals surface area contributed by atoms with Gasteiger partial charge < -0.3 is 19.7 Å². The molecule has 2 aromatic carbocycles. The summed E-state index contributed by atoms with van der Waals surface area (Å²) in [5.74, 6) is 0.822. The zero-order chi connectivity index (χ0) is 22.1. The fourth-order valence-electron chi connectivity index (χ4n) is 3.03. The van der Waals surface area contributed by atoms with Crippen LogP contribution >= 0.6 is 11.6 Å². The van der Waals surface area contributed by atoms with Crippen molar-refractivity contribution < 1.29 is 19.1 Å². The highest BCUT2D eigenvalue weighted by Crippen LogP contribution is 2.28. The van der Waals surface area contributed by atoms with Crippen LogP contribution < -0.4 is 14.8 Å². The number of rotatable bonds is 10. The maximum Gasteiger partial charge on any atom is 0.242 e. The fourth-order valence-corrected chi connectivity index (χ4v) is 3.16. The van der Waals surface area contributed by atoms with E-state index in [1.807, 2.05) is 25.1 Å². The van der Waals surface area contributed by atoms with Gasteiger partial charge in [-0.2, -0.15) is 0 Å². The van der Waals surface area contributed by atoms with Crippen molar-refractivity contribution in [2.24, 2.45) is 0 Å². The van der Waals surface area contributed by atoms with Crippen molar-refractivity contribution in [1.82, 2.24) is 10.2 Å². The molecule has 0 aliphatic rings. The fraction of sp³-hybridized carbons (Fsp3) is 0.391. The number of carbonyl (C=O) groups excluding carboxylic acids is 2. The minimum atomic E-state index is -0.611. The Morgan fingerprint density at radius 2 is 1.67 bits per heavy atom. The lowest BCUT2D eigenvalue weighted by Gasteiger charge is -2.29. The van der Waals surface area contributed by atoms with Gasteiger partial charge in [-0.25, -0.2) is 0 Å². The Kier molecular flexibility index (Phi) is 8.99. The summed E-state index contributed by atoms with van der Waals surface area (Å²) in [5, 5.41) is 3.49. The number of ether oxygens (including phenoxy) is 2. The number of hydrogen-bond donors (Lipinski definition) is 1. The third kappa shape index (κ3) is 6.39. The molecule has 2 aromatic rings. The Morgan fingerprint density at radius 3 is 2.27 bits per heavy atom. The van der Waals surface area contributed by atoms with Gasteiger partial charge in [0.05, 0.1) is 20.6 Å². The van der Waals surface area contributed by atoms with E-state index in [4.69, 9.17) is 21.1 Å². The average Bonchev–Trinajstić information content (AvgIpc) is 2.76. The van der Waals surface area contributed by atoms with E-state index >= 15 is 0 Å². The molecule has 0 fully saturated rings. The highest BCUT2D eigenvalue weighted by molar-refractivity contribution is 6.30. The summed E-state index contributed by atoms with van der Waals surface area (Å²) in [6.45, 7) is 4.61. The molecule has 2 rings (SSSR count). The van der Waals surface area contributed by atoms with Crippen molar-refractivity contribution in [1.29, 1.82) is 0 Å². The summed E-state index contributed by atoms with van der Waals surface area (Å²) in [4.78, 5) is 27.4. The monoisotopic (exact) mass is 432 g/mol. The molecule has 7 heteroatoms. The van der Waals surface area contributed by atoms with Crippen molar-refractivity contribution in [2.75, 3.05) is 20.8 Å². The van der Waals surface area contributed by atoms with Gasteiger partial charge in [0.1, 0.15) is 6.04 Å². The maximum absolute atomic E-state index is 13.2. The van der Waals surface area contributed by atoms with Crippen LogP contribution in [0.1, 0.15) is 31.4 Å². The summed E-state index contributed by atoms with van der Waals surface area (Å²) < 4.78 is 10.6. The molecule has 30 heavy (non-hydrogen) atoms. The van der Waals surface area contributed by atoms with E-state index in [2.05, 4.69) is 5.32 Å². The number of nitrogens with zero attached hydrogens (tertiary/aromatic N) is 1. The van der Waals surface area contributed by atoms with Crippen LogP contribution in [-0.2, 0) is 22.6 Å². The van der Waals surface area contributed by atoms with Gasteiger partial charge in [-0.05, 0) is 48.7 Å². The molecular formula is C23H29ClN2O4. The maximum atomic E-state index is 13.2. The molecule has 0 spiro atoms. The van der Waals surface area contributed by atoms with Gasteiger partial charge in [-0.3, -0.25) is 9.59 Å². The summed E-state index contributed by atoms with van der Waals surface area (Å²) in [5.41, 5.74) is 1.68. The van der Waals surface area contributed by atoms with E-state index in [0.717, 1.165) is 17.5 Å². The summed E-state index contributed by atoms with van der Waals surface area (Å²) in [6, 6.07) is 12.0. The summed E-state index contributed by atoms with van der Waals surface area (Å²) in [7, 11) is 3.11. The number of nitrogens with one attached hydrogen (secondary N) is 1. The predicted molar refractivity (Wildman–Crippen MR) is 118 cm³/mol. The van der Waals surface area contributed by atoms with Gasteiger partial charge in [0, 0.05) is 18.1 Å². The third-order valence-corrected chi connectivity index (χ3v) is 5.04. The topological polar surface area (TPSA) is 67.9 Å². The van der Waals surface area contributed by atoms with E-state index in [-0.39, 0.29) is 18.2 Å². The Labute approximate surface area is 183 Å². The number of methoxy groups -OCH3 is 2. The van der Waals surface area contributed by atoms with Crippen LogP contribution in [0.15, 0.2) is 42.5 Å². The molecule has 1 atom stereocenters. The molecule has 0 heterocycles. The number of halogens is 1. The zero-order valence-electron chi connectivity index (χ0n) is 17.9. The normalized spacial score (nSPS) is 11.5. The van der Waals surface area contributed by atoms with E-state index in [1.165, 1.54) is 0 Å². The Morgan fingerprint density at radius 1 is 1.03 bits per heavy atom. The quantitative estimate of drug-likeness (QED) is 0.619. The van der Waals surface area contributed by atoms with Crippen LogP contribution in [0.3, 0.4) is 0 Å². The number of hydrogen-bond acceptors (Lipinski definition) is 4. The van der Waals surface area contributed by atoms with Crippen molar-refractivity contribution in [2.45, 2.75) is 39.3 Å². The molecule has 0 aliphatic carbocycles. The molecule has 162 valence electrons. The van der Waals surface area contributed by atoms with Crippen molar-refractivity contribution in [3.8, 4) is 11.5 Å². The Balaban J connectivity index is 2.24. The average molecular weight is 433 g/mol. The number of amides is 2. The van der Waals surface area contributed by atoms with E-state index in [9.17, 15) is 9.59 Å². The molecule has 0 unspecified atom stereocenters. The third-order valence-electron chi connectivity index (χ3n) is 4.79. The smallest absolute Gasteiger partial charge is 0.242 e. The predicted octanol–water partition coefficient (Wildman–Crippen LogP) is 3.84. The molecule has 0 saturated carbocycles. The molecule has 0 aliphatic heterocycles. The molecular weight excluding hydrogens is 404 g/mol. The van der Waals surface area contributed by atoms with Crippen molar-refractivity contribution in [3.63, 3.8) is 0 Å². The molecule has 0 saturated heterocycles. The first-order valence-corrected chi connectivity index (χ1v) is 10.3. The van der Waals surface area contributed by atoms with Crippen LogP contribution in [0.25, 0.3) is 0 Å². The highest BCUT2D eigenvalue weighted by Gasteiger charge is 2.26. The second-order valence-corrected chi connectivity index (χ2v) is 7.42.